The molecule has 2 aromatic rings. The molecule has 2 heterocycles. The molecule has 0 saturated heterocycles. The Morgan fingerprint density at radius 3 is 2.80 bits per heavy atom. The summed E-state index contributed by atoms with van der Waals surface area (Å²) in [6.45, 7) is 2.19. The first-order chi connectivity index (χ1) is 7.27. The highest BCUT2D eigenvalue weighted by Gasteiger charge is 2.12. The van der Waals surface area contributed by atoms with Gasteiger partial charge in [0.1, 0.15) is 5.76 Å². The second-order valence-corrected chi connectivity index (χ2v) is 3.19. The Bertz CT molecular complexity index is 442. The van der Waals surface area contributed by atoms with Gasteiger partial charge in [0, 0.05) is 5.56 Å². The highest BCUT2D eigenvalue weighted by Crippen LogP contribution is 2.08. The third-order valence-electron chi connectivity index (χ3n) is 2.07. The minimum absolute atomic E-state index is 0.228. The topological polar surface area (TPSA) is 55.4 Å². The summed E-state index contributed by atoms with van der Waals surface area (Å²) in [6.07, 6.45) is 3.07. The maximum absolute atomic E-state index is 11.6. The lowest BCUT2D eigenvalue weighted by molar-refractivity contribution is 0.0919. The van der Waals surface area contributed by atoms with Crippen LogP contribution in [-0.2, 0) is 6.54 Å². The minimum Gasteiger partial charge on any atom is -0.467 e. The third kappa shape index (κ3) is 2.10. The highest BCUT2D eigenvalue weighted by molar-refractivity contribution is 5.92. The average molecular weight is 205 g/mol. The van der Waals surface area contributed by atoms with Gasteiger partial charge in [-0.2, -0.15) is 0 Å². The summed E-state index contributed by atoms with van der Waals surface area (Å²) in [7, 11) is 0. The van der Waals surface area contributed by atoms with Crippen LogP contribution in [0.15, 0.2) is 39.6 Å². The van der Waals surface area contributed by atoms with Crippen molar-refractivity contribution in [3.05, 3.63) is 47.8 Å². The van der Waals surface area contributed by atoms with Crippen molar-refractivity contribution in [1.29, 1.82) is 0 Å². The molecule has 78 valence electrons. The van der Waals surface area contributed by atoms with E-state index < -0.39 is 0 Å². The van der Waals surface area contributed by atoms with Crippen LogP contribution in [0.5, 0.6) is 0 Å². The van der Waals surface area contributed by atoms with Crippen molar-refractivity contribution in [3.63, 3.8) is 0 Å². The zero-order chi connectivity index (χ0) is 10.7. The fraction of sp³-hybridized carbons (Fsp3) is 0.182. The summed E-state index contributed by atoms with van der Waals surface area (Å²) >= 11 is 0. The van der Waals surface area contributed by atoms with E-state index in [0.717, 1.165) is 5.56 Å². The lowest BCUT2D eigenvalue weighted by atomic mass is 10.2. The number of furan rings is 2. The first kappa shape index (κ1) is 9.58. The molecule has 0 aromatic carbocycles. The molecule has 0 saturated carbocycles. The quantitative estimate of drug-likeness (QED) is 0.834. The summed E-state index contributed by atoms with van der Waals surface area (Å²) in [5.41, 5.74) is 0.826. The van der Waals surface area contributed by atoms with E-state index >= 15 is 0 Å². The van der Waals surface area contributed by atoms with Gasteiger partial charge >= 0.3 is 0 Å². The van der Waals surface area contributed by atoms with Crippen molar-refractivity contribution < 1.29 is 13.6 Å². The van der Waals surface area contributed by atoms with Crippen molar-refractivity contribution >= 4 is 5.91 Å². The largest absolute Gasteiger partial charge is 0.467 e. The number of aryl methyl sites for hydroxylation is 1. The van der Waals surface area contributed by atoms with E-state index in [2.05, 4.69) is 5.32 Å². The van der Waals surface area contributed by atoms with Crippen molar-refractivity contribution in [2.75, 3.05) is 0 Å². The summed E-state index contributed by atoms with van der Waals surface area (Å²) in [5.74, 6) is 0.836. The van der Waals surface area contributed by atoms with Gasteiger partial charge in [-0.25, -0.2) is 0 Å². The zero-order valence-electron chi connectivity index (χ0n) is 8.32. The Morgan fingerprint density at radius 2 is 2.20 bits per heavy atom. The maximum atomic E-state index is 11.6. The molecule has 0 aliphatic rings. The minimum atomic E-state index is -0.228. The molecular weight excluding hydrogens is 194 g/mol. The maximum Gasteiger partial charge on any atom is 0.287 e. The van der Waals surface area contributed by atoms with Crippen LogP contribution in [0.4, 0.5) is 0 Å². The van der Waals surface area contributed by atoms with Crippen LogP contribution in [0.2, 0.25) is 0 Å². The lowest BCUT2D eigenvalue weighted by Gasteiger charge is -2.00. The Kier molecular flexibility index (Phi) is 2.58. The van der Waals surface area contributed by atoms with E-state index in [9.17, 15) is 4.79 Å². The normalized spacial score (nSPS) is 10.2. The number of rotatable bonds is 3. The van der Waals surface area contributed by atoms with Gasteiger partial charge in [0.05, 0.1) is 19.1 Å². The predicted octanol–water partition coefficient (Wildman–Crippen LogP) is 2.11. The van der Waals surface area contributed by atoms with Crippen molar-refractivity contribution in [2.45, 2.75) is 13.5 Å². The molecule has 2 rings (SSSR count). The van der Waals surface area contributed by atoms with Crippen LogP contribution in [0.25, 0.3) is 0 Å². The SMILES string of the molecule is Cc1ccoc1C(=O)NCc1ccco1. The molecule has 0 fully saturated rings. The molecule has 0 radical (unpaired) electrons. The van der Waals surface area contributed by atoms with E-state index in [1.807, 2.05) is 6.92 Å². The van der Waals surface area contributed by atoms with Gasteiger partial charge in [0.2, 0.25) is 0 Å². The number of nitrogens with one attached hydrogen (secondary N) is 1. The third-order valence-corrected chi connectivity index (χ3v) is 2.07. The monoisotopic (exact) mass is 205 g/mol. The molecule has 1 N–H and O–H groups in total. The summed E-state index contributed by atoms with van der Waals surface area (Å²) < 4.78 is 10.1. The molecule has 15 heavy (non-hydrogen) atoms. The molecule has 0 aliphatic heterocycles. The molecular formula is C11H11NO3. The number of hydrogen-bond donors (Lipinski definition) is 1. The molecule has 4 heteroatoms. The van der Waals surface area contributed by atoms with Gasteiger partial charge in [-0.15, -0.1) is 0 Å². The molecule has 0 aliphatic carbocycles. The van der Waals surface area contributed by atoms with Crippen LogP contribution in [0, 0.1) is 6.92 Å². The van der Waals surface area contributed by atoms with Crippen LogP contribution >= 0.6 is 0 Å². The number of carbonyl (C=O) groups excluding carboxylic acids is 1. The standard InChI is InChI=1S/C11H11NO3/c1-8-4-6-15-10(8)11(13)12-7-9-3-2-5-14-9/h2-6H,7H2,1H3,(H,12,13). The zero-order valence-corrected chi connectivity index (χ0v) is 8.32. The van der Waals surface area contributed by atoms with Gasteiger partial charge in [-0.05, 0) is 25.1 Å². The van der Waals surface area contributed by atoms with E-state index in [0.29, 0.717) is 18.1 Å². The van der Waals surface area contributed by atoms with Crippen molar-refractivity contribution in [2.24, 2.45) is 0 Å². The van der Waals surface area contributed by atoms with E-state index in [-0.39, 0.29) is 5.91 Å². The van der Waals surface area contributed by atoms with Crippen LogP contribution in [0.1, 0.15) is 21.9 Å². The Labute approximate surface area is 86.9 Å². The van der Waals surface area contributed by atoms with Gasteiger partial charge in [-0.3, -0.25) is 4.79 Å². The summed E-state index contributed by atoms with van der Waals surface area (Å²) in [6, 6.07) is 5.33. The second-order valence-electron chi connectivity index (χ2n) is 3.19. The molecule has 0 bridgehead atoms. The Morgan fingerprint density at radius 1 is 1.33 bits per heavy atom. The van der Waals surface area contributed by atoms with Gasteiger partial charge in [-0.1, -0.05) is 0 Å². The number of carbonyl (C=O) groups is 1. The molecule has 0 atom stereocenters. The van der Waals surface area contributed by atoms with Gasteiger partial charge in [0.15, 0.2) is 5.76 Å². The average Bonchev–Trinajstić information content (AvgIpc) is 2.84. The Hall–Kier alpha value is -1.97. The summed E-state index contributed by atoms with van der Waals surface area (Å²) in [4.78, 5) is 11.6. The van der Waals surface area contributed by atoms with Crippen molar-refractivity contribution in [3.8, 4) is 0 Å². The first-order valence-corrected chi connectivity index (χ1v) is 4.62. The molecule has 1 amide bonds. The smallest absolute Gasteiger partial charge is 0.287 e. The second kappa shape index (κ2) is 4.04. The van der Waals surface area contributed by atoms with Crippen molar-refractivity contribution in [1.82, 2.24) is 5.32 Å². The van der Waals surface area contributed by atoms with Gasteiger partial charge < -0.3 is 14.2 Å². The summed E-state index contributed by atoms with van der Waals surface area (Å²) in [5, 5.41) is 2.70. The molecule has 2 aromatic heterocycles. The number of hydrogen-bond acceptors (Lipinski definition) is 3. The Balaban J connectivity index is 1.96. The van der Waals surface area contributed by atoms with E-state index in [4.69, 9.17) is 8.83 Å². The molecule has 0 unspecified atom stereocenters. The van der Waals surface area contributed by atoms with E-state index in [1.54, 1.807) is 24.5 Å². The van der Waals surface area contributed by atoms with Crippen LogP contribution in [0.3, 0.4) is 0 Å². The molecule has 4 nitrogen and oxygen atoms in total. The van der Waals surface area contributed by atoms with E-state index in [1.165, 1.54) is 6.26 Å². The van der Waals surface area contributed by atoms with Crippen LogP contribution < -0.4 is 5.32 Å². The van der Waals surface area contributed by atoms with Gasteiger partial charge in [0.25, 0.3) is 5.91 Å². The van der Waals surface area contributed by atoms with Crippen LogP contribution in [-0.4, -0.2) is 5.91 Å². The highest BCUT2D eigenvalue weighted by atomic mass is 16.3. The fourth-order valence-electron chi connectivity index (χ4n) is 1.27. The lowest BCUT2D eigenvalue weighted by Crippen LogP contribution is -2.22. The fourth-order valence-corrected chi connectivity index (χ4v) is 1.27. The number of amides is 1. The predicted molar refractivity (Wildman–Crippen MR) is 53.3 cm³/mol. The first-order valence-electron chi connectivity index (χ1n) is 4.62. The molecule has 0 spiro atoms.